The monoisotopic (exact) mass is 283 g/mol. The molecule has 0 spiro atoms. The molecule has 0 aliphatic heterocycles. The number of fused-ring (bicyclic) bond motifs is 1. The average molecular weight is 284 g/mol. The van der Waals surface area contributed by atoms with E-state index in [0.29, 0.717) is 17.5 Å². The lowest BCUT2D eigenvalue weighted by atomic mass is 10.2. The highest BCUT2D eigenvalue weighted by Crippen LogP contribution is 2.25. The van der Waals surface area contributed by atoms with E-state index in [2.05, 4.69) is 15.5 Å². The van der Waals surface area contributed by atoms with Crippen LogP contribution >= 0.6 is 11.6 Å². The van der Waals surface area contributed by atoms with Crippen LogP contribution in [-0.4, -0.2) is 32.5 Å². The molecule has 0 bridgehead atoms. The number of halogens is 1. The van der Waals surface area contributed by atoms with Crippen LogP contribution in [-0.2, 0) is 10.8 Å². The van der Waals surface area contributed by atoms with Crippen LogP contribution in [0.4, 0.5) is 5.82 Å². The van der Waals surface area contributed by atoms with Crippen molar-refractivity contribution in [1.82, 2.24) is 10.2 Å². The molecular weight excluding hydrogens is 270 g/mol. The van der Waals surface area contributed by atoms with Crippen molar-refractivity contribution in [2.75, 3.05) is 18.1 Å². The minimum Gasteiger partial charge on any atom is -0.367 e. The number of nitrogens with one attached hydrogen (secondary N) is 1. The Balaban J connectivity index is 2.29. The molecule has 2 unspecified atom stereocenters. The van der Waals surface area contributed by atoms with E-state index in [1.807, 2.05) is 31.2 Å². The van der Waals surface area contributed by atoms with Gasteiger partial charge in [0, 0.05) is 39.6 Å². The zero-order valence-electron chi connectivity index (χ0n) is 10.2. The van der Waals surface area contributed by atoms with E-state index < -0.39 is 10.8 Å². The van der Waals surface area contributed by atoms with Crippen LogP contribution in [0.5, 0.6) is 0 Å². The molecular formula is C12H14ClN3OS. The van der Waals surface area contributed by atoms with Crippen LogP contribution in [0.1, 0.15) is 6.92 Å². The van der Waals surface area contributed by atoms with Gasteiger partial charge < -0.3 is 5.32 Å². The maximum atomic E-state index is 11.3. The number of anilines is 1. The highest BCUT2D eigenvalue weighted by molar-refractivity contribution is 7.84. The van der Waals surface area contributed by atoms with Gasteiger partial charge in [-0.2, -0.15) is 0 Å². The Kier molecular flexibility index (Phi) is 4.14. The van der Waals surface area contributed by atoms with Gasteiger partial charge in [-0.25, -0.2) is 0 Å². The molecule has 1 heterocycles. The molecule has 2 aromatic rings. The summed E-state index contributed by atoms with van der Waals surface area (Å²) in [5.74, 6) is 0.673. The fraction of sp³-hybridized carbons (Fsp3) is 0.333. The van der Waals surface area contributed by atoms with Gasteiger partial charge >= 0.3 is 0 Å². The first-order valence-corrected chi connectivity index (χ1v) is 7.56. The fourth-order valence-electron chi connectivity index (χ4n) is 1.56. The van der Waals surface area contributed by atoms with Gasteiger partial charge in [0.25, 0.3) is 0 Å². The summed E-state index contributed by atoms with van der Waals surface area (Å²) in [6.07, 6.45) is 1.69. The molecule has 18 heavy (non-hydrogen) atoms. The number of aromatic nitrogens is 2. The number of rotatable bonds is 4. The summed E-state index contributed by atoms with van der Waals surface area (Å²) < 4.78 is 11.3. The van der Waals surface area contributed by atoms with E-state index in [0.717, 1.165) is 10.8 Å². The Labute approximate surface area is 113 Å². The molecule has 0 aliphatic carbocycles. The second kappa shape index (κ2) is 5.63. The molecule has 96 valence electrons. The van der Waals surface area contributed by atoms with Crippen molar-refractivity contribution in [2.24, 2.45) is 0 Å². The van der Waals surface area contributed by atoms with Gasteiger partial charge in [0.1, 0.15) is 0 Å². The largest absolute Gasteiger partial charge is 0.367 e. The SMILES string of the molecule is CC(CNc1nnc(Cl)c2ccccc12)S(C)=O. The van der Waals surface area contributed by atoms with Gasteiger partial charge in [-0.1, -0.05) is 35.9 Å². The van der Waals surface area contributed by atoms with Crippen LogP contribution in [0.2, 0.25) is 5.15 Å². The van der Waals surface area contributed by atoms with Gasteiger partial charge in [0.05, 0.1) is 0 Å². The standard InChI is InChI=1S/C12H14ClN3OS/c1-8(18(2)17)7-14-12-10-6-4-3-5-9(10)11(13)15-16-12/h3-6,8H,7H2,1-2H3,(H,14,16). The van der Waals surface area contributed by atoms with Crippen LogP contribution in [0.3, 0.4) is 0 Å². The summed E-state index contributed by atoms with van der Waals surface area (Å²) in [6, 6.07) is 7.67. The molecule has 0 saturated carbocycles. The fourth-order valence-corrected chi connectivity index (χ4v) is 2.08. The third-order valence-electron chi connectivity index (χ3n) is 2.77. The summed E-state index contributed by atoms with van der Waals surface area (Å²) >= 11 is 5.99. The van der Waals surface area contributed by atoms with E-state index in [-0.39, 0.29) is 5.25 Å². The normalized spacial score (nSPS) is 14.4. The molecule has 0 saturated heterocycles. The predicted molar refractivity (Wildman–Crippen MR) is 76.6 cm³/mol. The smallest absolute Gasteiger partial charge is 0.159 e. The van der Waals surface area contributed by atoms with Crippen molar-refractivity contribution >= 4 is 39.0 Å². The first-order valence-electron chi connectivity index (χ1n) is 5.56. The number of benzene rings is 1. The summed E-state index contributed by atoms with van der Waals surface area (Å²) in [7, 11) is -0.859. The zero-order chi connectivity index (χ0) is 13.1. The first-order chi connectivity index (χ1) is 8.59. The highest BCUT2D eigenvalue weighted by atomic mass is 35.5. The van der Waals surface area contributed by atoms with Crippen molar-refractivity contribution in [3.8, 4) is 0 Å². The van der Waals surface area contributed by atoms with Crippen LogP contribution in [0.15, 0.2) is 24.3 Å². The molecule has 0 amide bonds. The van der Waals surface area contributed by atoms with Crippen molar-refractivity contribution < 1.29 is 4.21 Å². The second-order valence-corrected chi connectivity index (χ2v) is 6.24. The molecule has 4 nitrogen and oxygen atoms in total. The minimum absolute atomic E-state index is 0.0567. The van der Waals surface area contributed by atoms with E-state index in [9.17, 15) is 4.21 Å². The molecule has 1 N–H and O–H groups in total. The van der Waals surface area contributed by atoms with Crippen molar-refractivity contribution in [3.05, 3.63) is 29.4 Å². The van der Waals surface area contributed by atoms with E-state index in [1.165, 1.54) is 0 Å². The van der Waals surface area contributed by atoms with Crippen LogP contribution < -0.4 is 5.32 Å². The minimum atomic E-state index is -0.859. The maximum absolute atomic E-state index is 11.3. The summed E-state index contributed by atoms with van der Waals surface area (Å²) in [5.41, 5.74) is 0. The van der Waals surface area contributed by atoms with E-state index in [1.54, 1.807) is 6.26 Å². The lowest BCUT2D eigenvalue weighted by Gasteiger charge is -2.12. The molecule has 2 rings (SSSR count). The van der Waals surface area contributed by atoms with Gasteiger partial charge in [-0.3, -0.25) is 4.21 Å². The van der Waals surface area contributed by atoms with E-state index >= 15 is 0 Å². The van der Waals surface area contributed by atoms with Gasteiger partial charge in [-0.05, 0) is 6.92 Å². The molecule has 2 atom stereocenters. The van der Waals surface area contributed by atoms with E-state index in [4.69, 9.17) is 11.6 Å². The maximum Gasteiger partial charge on any atom is 0.159 e. The third-order valence-corrected chi connectivity index (χ3v) is 4.34. The first kappa shape index (κ1) is 13.2. The Morgan fingerprint density at radius 2 is 2.00 bits per heavy atom. The quantitative estimate of drug-likeness (QED) is 0.936. The number of hydrogen-bond acceptors (Lipinski definition) is 4. The van der Waals surface area contributed by atoms with Crippen molar-refractivity contribution in [1.29, 1.82) is 0 Å². The van der Waals surface area contributed by atoms with Gasteiger partial charge in [-0.15, -0.1) is 10.2 Å². The predicted octanol–water partition coefficient (Wildman–Crippen LogP) is 2.46. The summed E-state index contributed by atoms with van der Waals surface area (Å²) in [6.45, 7) is 2.51. The lowest BCUT2D eigenvalue weighted by Crippen LogP contribution is -2.21. The molecule has 1 aromatic heterocycles. The van der Waals surface area contributed by atoms with Crippen molar-refractivity contribution in [2.45, 2.75) is 12.2 Å². The molecule has 0 aliphatic rings. The Bertz CT molecular complexity index is 591. The highest BCUT2D eigenvalue weighted by Gasteiger charge is 2.10. The Morgan fingerprint density at radius 1 is 1.33 bits per heavy atom. The molecule has 0 fully saturated rings. The number of nitrogens with zero attached hydrogens (tertiary/aromatic N) is 2. The van der Waals surface area contributed by atoms with Gasteiger partial charge in [0.2, 0.25) is 0 Å². The molecule has 0 radical (unpaired) electrons. The zero-order valence-corrected chi connectivity index (χ0v) is 11.8. The number of hydrogen-bond donors (Lipinski definition) is 1. The summed E-state index contributed by atoms with van der Waals surface area (Å²) in [5, 5.41) is 13.4. The third kappa shape index (κ3) is 2.79. The topological polar surface area (TPSA) is 54.9 Å². The summed E-state index contributed by atoms with van der Waals surface area (Å²) in [4.78, 5) is 0. The van der Waals surface area contributed by atoms with Crippen LogP contribution in [0.25, 0.3) is 10.8 Å². The van der Waals surface area contributed by atoms with Crippen LogP contribution in [0, 0.1) is 0 Å². The molecule has 6 heteroatoms. The Hall–Kier alpha value is -1.20. The average Bonchev–Trinajstić information content (AvgIpc) is 2.38. The van der Waals surface area contributed by atoms with Crippen molar-refractivity contribution in [3.63, 3.8) is 0 Å². The second-order valence-electron chi connectivity index (χ2n) is 4.08. The van der Waals surface area contributed by atoms with Gasteiger partial charge in [0.15, 0.2) is 11.0 Å². The Morgan fingerprint density at radius 3 is 2.67 bits per heavy atom. The lowest BCUT2D eigenvalue weighted by molar-refractivity contribution is 0.678. The molecule has 1 aromatic carbocycles.